The summed E-state index contributed by atoms with van der Waals surface area (Å²) in [6.07, 6.45) is 0. The predicted octanol–water partition coefficient (Wildman–Crippen LogP) is 0.315. The first-order chi connectivity index (χ1) is 7.52. The Balaban J connectivity index is 2.99. The minimum absolute atomic E-state index is 0.0358. The van der Waals surface area contributed by atoms with Crippen LogP contribution in [0, 0.1) is 20.8 Å². The maximum atomic E-state index is 9.40. The highest BCUT2D eigenvalue weighted by molar-refractivity contribution is 5.22. The molecule has 0 saturated carbocycles. The lowest BCUT2D eigenvalue weighted by molar-refractivity contribution is 0.123. The van der Waals surface area contributed by atoms with Crippen molar-refractivity contribution in [1.29, 1.82) is 0 Å². The third-order valence-electron chi connectivity index (χ3n) is 3.04. The quantitative estimate of drug-likeness (QED) is 0.759. The highest BCUT2D eigenvalue weighted by atomic mass is 16.5. The summed E-state index contributed by atoms with van der Waals surface area (Å²) in [5.41, 5.74) is 9.11. The molecule has 1 rings (SSSR count). The van der Waals surface area contributed by atoms with Crippen LogP contribution in [-0.2, 0) is 4.74 Å². The van der Waals surface area contributed by atoms with Gasteiger partial charge < -0.3 is 15.6 Å². The molecule has 1 aromatic heterocycles. The van der Waals surface area contributed by atoms with Gasteiger partial charge >= 0.3 is 0 Å². The minimum Gasteiger partial charge on any atom is -0.394 e. The molecule has 2 unspecified atom stereocenters. The molecule has 0 bridgehead atoms. The third kappa shape index (κ3) is 2.42. The van der Waals surface area contributed by atoms with Gasteiger partial charge in [-0.3, -0.25) is 4.68 Å². The van der Waals surface area contributed by atoms with Crippen LogP contribution in [0.15, 0.2) is 0 Å². The van der Waals surface area contributed by atoms with Crippen molar-refractivity contribution < 1.29 is 9.84 Å². The van der Waals surface area contributed by atoms with Crippen molar-refractivity contribution in [3.05, 3.63) is 17.0 Å². The number of nitrogens with two attached hydrogens (primary N) is 1. The second-order valence-corrected chi connectivity index (χ2v) is 4.11. The van der Waals surface area contributed by atoms with Crippen LogP contribution >= 0.6 is 0 Å². The fourth-order valence-electron chi connectivity index (χ4n) is 1.77. The van der Waals surface area contributed by atoms with Crippen molar-refractivity contribution >= 4 is 0 Å². The van der Waals surface area contributed by atoms with Crippen LogP contribution in [0.2, 0.25) is 0 Å². The minimum atomic E-state index is -0.257. The maximum absolute atomic E-state index is 9.40. The third-order valence-corrected chi connectivity index (χ3v) is 3.04. The number of aromatic nitrogens is 2. The molecule has 0 aromatic carbocycles. The Morgan fingerprint density at radius 3 is 2.44 bits per heavy atom. The normalized spacial score (nSPS) is 15.1. The lowest BCUT2D eigenvalue weighted by Gasteiger charge is -2.23. The van der Waals surface area contributed by atoms with Crippen LogP contribution < -0.4 is 5.73 Å². The van der Waals surface area contributed by atoms with Gasteiger partial charge in [-0.1, -0.05) is 0 Å². The summed E-state index contributed by atoms with van der Waals surface area (Å²) in [6.45, 7) is 6.33. The Morgan fingerprint density at radius 1 is 1.44 bits per heavy atom. The van der Waals surface area contributed by atoms with Crippen molar-refractivity contribution in [3.8, 4) is 0 Å². The number of rotatable bonds is 5. The molecule has 0 aliphatic rings. The SMILES string of the molecule is COCC(N)C(CO)n1nc(C)c(C)c1C. The van der Waals surface area contributed by atoms with E-state index in [0.717, 1.165) is 17.0 Å². The molecule has 2 atom stereocenters. The molecule has 0 aliphatic heterocycles. The average Bonchev–Trinajstić information content (AvgIpc) is 2.48. The number of hydrogen-bond donors (Lipinski definition) is 2. The fourth-order valence-corrected chi connectivity index (χ4v) is 1.77. The summed E-state index contributed by atoms with van der Waals surface area (Å²) >= 11 is 0. The van der Waals surface area contributed by atoms with E-state index in [2.05, 4.69) is 5.10 Å². The zero-order valence-corrected chi connectivity index (χ0v) is 10.4. The lowest BCUT2D eigenvalue weighted by atomic mass is 10.1. The van der Waals surface area contributed by atoms with Crippen LogP contribution in [0.5, 0.6) is 0 Å². The highest BCUT2D eigenvalue weighted by Gasteiger charge is 2.22. The highest BCUT2D eigenvalue weighted by Crippen LogP contribution is 2.18. The summed E-state index contributed by atoms with van der Waals surface area (Å²) in [5, 5.41) is 13.8. The van der Waals surface area contributed by atoms with E-state index in [4.69, 9.17) is 10.5 Å². The summed E-state index contributed by atoms with van der Waals surface area (Å²) < 4.78 is 6.81. The Hall–Kier alpha value is -0.910. The summed E-state index contributed by atoms with van der Waals surface area (Å²) in [4.78, 5) is 0. The molecule has 0 fully saturated rings. The second kappa shape index (κ2) is 5.43. The molecule has 5 nitrogen and oxygen atoms in total. The molecule has 3 N–H and O–H groups in total. The number of methoxy groups -OCH3 is 1. The van der Waals surface area contributed by atoms with Crippen molar-refractivity contribution in [2.75, 3.05) is 20.3 Å². The monoisotopic (exact) mass is 227 g/mol. The molecular formula is C11H21N3O2. The van der Waals surface area contributed by atoms with E-state index in [0.29, 0.717) is 6.61 Å². The molecular weight excluding hydrogens is 206 g/mol. The van der Waals surface area contributed by atoms with Gasteiger partial charge in [-0.05, 0) is 26.3 Å². The average molecular weight is 227 g/mol. The van der Waals surface area contributed by atoms with Gasteiger partial charge in [-0.15, -0.1) is 0 Å². The van der Waals surface area contributed by atoms with Crippen molar-refractivity contribution in [2.45, 2.75) is 32.9 Å². The molecule has 16 heavy (non-hydrogen) atoms. The van der Waals surface area contributed by atoms with Gasteiger partial charge in [-0.2, -0.15) is 5.10 Å². The first-order valence-corrected chi connectivity index (χ1v) is 5.40. The van der Waals surface area contributed by atoms with E-state index < -0.39 is 0 Å². The van der Waals surface area contributed by atoms with Gasteiger partial charge in [0.1, 0.15) is 0 Å². The van der Waals surface area contributed by atoms with E-state index in [9.17, 15) is 5.11 Å². The summed E-state index contributed by atoms with van der Waals surface area (Å²) in [7, 11) is 1.60. The Labute approximate surface area is 96.2 Å². The smallest absolute Gasteiger partial charge is 0.0926 e. The maximum Gasteiger partial charge on any atom is 0.0926 e. The zero-order chi connectivity index (χ0) is 12.3. The van der Waals surface area contributed by atoms with Gasteiger partial charge in [0.15, 0.2) is 0 Å². The summed E-state index contributed by atoms with van der Waals surface area (Å²) in [5.74, 6) is 0. The van der Waals surface area contributed by atoms with E-state index in [-0.39, 0.29) is 18.7 Å². The van der Waals surface area contributed by atoms with Crippen molar-refractivity contribution in [2.24, 2.45) is 5.73 Å². The van der Waals surface area contributed by atoms with Gasteiger partial charge in [0, 0.05) is 12.8 Å². The second-order valence-electron chi connectivity index (χ2n) is 4.11. The van der Waals surface area contributed by atoms with E-state index in [1.54, 1.807) is 11.8 Å². The standard InChI is InChI=1S/C11H21N3O2/c1-7-8(2)13-14(9(7)3)11(5-15)10(12)6-16-4/h10-11,15H,5-6,12H2,1-4H3. The van der Waals surface area contributed by atoms with Crippen molar-refractivity contribution in [1.82, 2.24) is 9.78 Å². The van der Waals surface area contributed by atoms with Crippen molar-refractivity contribution in [3.63, 3.8) is 0 Å². The number of aryl methyl sites for hydroxylation is 1. The van der Waals surface area contributed by atoms with E-state index in [1.165, 1.54) is 0 Å². The van der Waals surface area contributed by atoms with Gasteiger partial charge in [-0.25, -0.2) is 0 Å². The van der Waals surface area contributed by atoms with Crippen LogP contribution in [0.1, 0.15) is 23.0 Å². The Kier molecular flexibility index (Phi) is 4.46. The van der Waals surface area contributed by atoms with E-state index in [1.807, 2.05) is 20.8 Å². The molecule has 0 spiro atoms. The summed E-state index contributed by atoms with van der Waals surface area (Å²) in [6, 6.07) is -0.486. The number of aliphatic hydroxyl groups excluding tert-OH is 1. The first kappa shape index (κ1) is 13.2. The number of ether oxygens (including phenoxy) is 1. The lowest BCUT2D eigenvalue weighted by Crippen LogP contribution is -2.39. The zero-order valence-electron chi connectivity index (χ0n) is 10.4. The Morgan fingerprint density at radius 2 is 2.06 bits per heavy atom. The first-order valence-electron chi connectivity index (χ1n) is 5.40. The molecule has 5 heteroatoms. The fraction of sp³-hybridized carbons (Fsp3) is 0.727. The largest absolute Gasteiger partial charge is 0.394 e. The van der Waals surface area contributed by atoms with E-state index >= 15 is 0 Å². The van der Waals surface area contributed by atoms with Crippen LogP contribution in [0.25, 0.3) is 0 Å². The van der Waals surface area contributed by atoms with Crippen LogP contribution in [-0.4, -0.2) is 41.3 Å². The number of aliphatic hydroxyl groups is 1. The van der Waals surface area contributed by atoms with Gasteiger partial charge in [0.25, 0.3) is 0 Å². The molecule has 0 aliphatic carbocycles. The number of hydrogen-bond acceptors (Lipinski definition) is 4. The van der Waals surface area contributed by atoms with Gasteiger partial charge in [0.05, 0.1) is 31.0 Å². The molecule has 0 amide bonds. The molecule has 1 heterocycles. The molecule has 0 radical (unpaired) electrons. The molecule has 1 aromatic rings. The van der Waals surface area contributed by atoms with Crippen LogP contribution in [0.4, 0.5) is 0 Å². The van der Waals surface area contributed by atoms with Crippen LogP contribution in [0.3, 0.4) is 0 Å². The number of nitrogens with zero attached hydrogens (tertiary/aromatic N) is 2. The Bertz CT molecular complexity index is 349. The molecule has 92 valence electrons. The molecule has 0 saturated heterocycles. The van der Waals surface area contributed by atoms with Gasteiger partial charge in [0.2, 0.25) is 0 Å². The predicted molar refractivity (Wildman–Crippen MR) is 62.4 cm³/mol. The topological polar surface area (TPSA) is 73.3 Å².